The fourth-order valence-corrected chi connectivity index (χ4v) is 3.46. The van der Waals surface area contributed by atoms with Crippen molar-refractivity contribution in [2.45, 2.75) is 17.4 Å². The first kappa shape index (κ1) is 15.9. The highest BCUT2D eigenvalue weighted by molar-refractivity contribution is 8.00. The molecule has 1 aliphatic heterocycles. The normalized spacial score (nSPS) is 16.6. The molecule has 0 spiro atoms. The fraction of sp³-hybridized carbons (Fsp3) is 0.278. The average Bonchev–Trinajstić information content (AvgIpc) is 2.59. The summed E-state index contributed by atoms with van der Waals surface area (Å²) in [5.74, 6) is 0.632. The Labute approximate surface area is 140 Å². The third-order valence-corrected chi connectivity index (χ3v) is 4.94. The zero-order chi connectivity index (χ0) is 16.1. The molecule has 3 N–H and O–H groups in total. The molecule has 3 rings (SSSR count). The number of benzene rings is 2. The van der Waals surface area contributed by atoms with Crippen LogP contribution in [0.1, 0.15) is 17.2 Å². The molecule has 0 bridgehead atoms. The van der Waals surface area contributed by atoms with Crippen LogP contribution in [0.3, 0.4) is 0 Å². The van der Waals surface area contributed by atoms with Crippen LogP contribution in [0.5, 0.6) is 5.75 Å². The summed E-state index contributed by atoms with van der Waals surface area (Å²) >= 11 is 1.47. The number of phenolic OH excluding ortho intramolecular Hbond substituents is 1. The second-order valence-corrected chi connectivity index (χ2v) is 6.59. The summed E-state index contributed by atoms with van der Waals surface area (Å²) in [7, 11) is 0. The molecule has 1 unspecified atom stereocenters. The first-order valence-corrected chi connectivity index (χ1v) is 8.70. The summed E-state index contributed by atoms with van der Waals surface area (Å²) in [5.41, 5.74) is 2.65. The van der Waals surface area contributed by atoms with E-state index in [0.29, 0.717) is 12.3 Å². The van der Waals surface area contributed by atoms with Gasteiger partial charge in [0, 0.05) is 17.5 Å². The third-order valence-electron chi connectivity index (χ3n) is 3.93. The molecule has 0 saturated heterocycles. The SMILES string of the molecule is O=C(CSc1ccc(O)cc1)NCC1NCCc2ccccc21. The Kier molecular flexibility index (Phi) is 5.20. The minimum Gasteiger partial charge on any atom is -0.508 e. The number of carbonyl (C=O) groups is 1. The number of thioether (sulfide) groups is 1. The number of carbonyl (C=O) groups excluding carboxylic acids is 1. The van der Waals surface area contributed by atoms with Gasteiger partial charge in [-0.3, -0.25) is 4.79 Å². The highest BCUT2D eigenvalue weighted by atomic mass is 32.2. The lowest BCUT2D eigenvalue weighted by atomic mass is 9.94. The van der Waals surface area contributed by atoms with Crippen molar-refractivity contribution in [3.63, 3.8) is 0 Å². The summed E-state index contributed by atoms with van der Waals surface area (Å²) in [5, 5.41) is 15.7. The molecule has 23 heavy (non-hydrogen) atoms. The van der Waals surface area contributed by atoms with Crippen LogP contribution >= 0.6 is 11.8 Å². The fourth-order valence-electron chi connectivity index (χ4n) is 2.73. The Balaban J connectivity index is 1.49. The molecule has 2 aromatic carbocycles. The first-order valence-electron chi connectivity index (χ1n) is 7.72. The topological polar surface area (TPSA) is 61.4 Å². The smallest absolute Gasteiger partial charge is 0.230 e. The molecule has 1 aliphatic rings. The van der Waals surface area contributed by atoms with Crippen LogP contribution in [0, 0.1) is 0 Å². The zero-order valence-corrected chi connectivity index (χ0v) is 13.6. The van der Waals surface area contributed by atoms with Crippen molar-refractivity contribution >= 4 is 17.7 Å². The molecular formula is C18H20N2O2S. The van der Waals surface area contributed by atoms with Crippen LogP contribution in [0.2, 0.25) is 0 Å². The number of fused-ring (bicyclic) bond motifs is 1. The maximum Gasteiger partial charge on any atom is 0.230 e. The van der Waals surface area contributed by atoms with Gasteiger partial charge in [-0.05, 0) is 48.4 Å². The number of hydrogen-bond acceptors (Lipinski definition) is 4. The molecule has 0 aliphatic carbocycles. The Bertz CT molecular complexity index is 673. The van der Waals surface area contributed by atoms with Gasteiger partial charge in [0.2, 0.25) is 5.91 Å². The van der Waals surface area contributed by atoms with Crippen LogP contribution in [0.4, 0.5) is 0 Å². The molecule has 2 aromatic rings. The zero-order valence-electron chi connectivity index (χ0n) is 12.8. The van der Waals surface area contributed by atoms with Gasteiger partial charge >= 0.3 is 0 Å². The molecule has 4 nitrogen and oxygen atoms in total. The van der Waals surface area contributed by atoms with Crippen molar-refractivity contribution in [3.05, 3.63) is 59.7 Å². The molecule has 1 atom stereocenters. The quantitative estimate of drug-likeness (QED) is 0.738. The van der Waals surface area contributed by atoms with E-state index in [1.165, 1.54) is 22.9 Å². The number of amides is 1. The van der Waals surface area contributed by atoms with Gasteiger partial charge in [-0.2, -0.15) is 0 Å². The Morgan fingerprint density at radius 3 is 2.83 bits per heavy atom. The maximum absolute atomic E-state index is 12.0. The van der Waals surface area contributed by atoms with Crippen LogP contribution in [0.15, 0.2) is 53.4 Å². The lowest BCUT2D eigenvalue weighted by Crippen LogP contribution is -2.39. The van der Waals surface area contributed by atoms with Crippen molar-refractivity contribution < 1.29 is 9.90 Å². The van der Waals surface area contributed by atoms with Crippen molar-refractivity contribution in [3.8, 4) is 5.75 Å². The van der Waals surface area contributed by atoms with Gasteiger partial charge in [0.05, 0.1) is 5.75 Å². The highest BCUT2D eigenvalue weighted by Crippen LogP contribution is 2.22. The van der Waals surface area contributed by atoms with Crippen molar-refractivity contribution in [1.82, 2.24) is 10.6 Å². The van der Waals surface area contributed by atoms with E-state index in [4.69, 9.17) is 0 Å². The van der Waals surface area contributed by atoms with Gasteiger partial charge in [0.15, 0.2) is 0 Å². The second-order valence-electron chi connectivity index (χ2n) is 5.54. The maximum atomic E-state index is 12.0. The van der Waals surface area contributed by atoms with E-state index in [-0.39, 0.29) is 17.7 Å². The lowest BCUT2D eigenvalue weighted by Gasteiger charge is -2.27. The van der Waals surface area contributed by atoms with Crippen LogP contribution in [0.25, 0.3) is 0 Å². The van der Waals surface area contributed by atoms with Gasteiger partial charge in [-0.1, -0.05) is 24.3 Å². The predicted octanol–water partition coefficient (Wildman–Crippen LogP) is 2.49. The van der Waals surface area contributed by atoms with E-state index in [2.05, 4.69) is 28.8 Å². The minimum absolute atomic E-state index is 0.0212. The molecule has 120 valence electrons. The number of rotatable bonds is 5. The average molecular weight is 328 g/mol. The molecule has 1 amide bonds. The standard InChI is InChI=1S/C18H20N2O2S/c21-14-5-7-15(8-6-14)23-12-18(22)20-11-17-16-4-2-1-3-13(16)9-10-19-17/h1-8,17,19,21H,9-12H2,(H,20,22). The Hall–Kier alpha value is -1.98. The summed E-state index contributed by atoms with van der Waals surface area (Å²) in [4.78, 5) is 13.0. The van der Waals surface area contributed by atoms with Crippen molar-refractivity contribution in [1.29, 1.82) is 0 Å². The lowest BCUT2D eigenvalue weighted by molar-refractivity contribution is -0.118. The summed E-state index contributed by atoms with van der Waals surface area (Å²) in [6.45, 7) is 1.55. The summed E-state index contributed by atoms with van der Waals surface area (Å²) in [6.07, 6.45) is 1.04. The Morgan fingerprint density at radius 1 is 1.22 bits per heavy atom. The molecule has 0 radical (unpaired) electrons. The Morgan fingerprint density at radius 2 is 2.00 bits per heavy atom. The molecule has 0 aromatic heterocycles. The van der Waals surface area contributed by atoms with Crippen molar-refractivity contribution in [2.75, 3.05) is 18.8 Å². The van der Waals surface area contributed by atoms with Gasteiger partial charge in [-0.15, -0.1) is 11.8 Å². The van der Waals surface area contributed by atoms with Crippen molar-refractivity contribution in [2.24, 2.45) is 0 Å². The first-order chi connectivity index (χ1) is 11.2. The number of aromatic hydroxyl groups is 1. The second kappa shape index (κ2) is 7.53. The van der Waals surface area contributed by atoms with E-state index in [0.717, 1.165) is 17.9 Å². The summed E-state index contributed by atoms with van der Waals surface area (Å²) < 4.78 is 0. The third kappa shape index (κ3) is 4.27. The highest BCUT2D eigenvalue weighted by Gasteiger charge is 2.19. The van der Waals surface area contributed by atoms with Crippen LogP contribution in [-0.2, 0) is 11.2 Å². The van der Waals surface area contributed by atoms with E-state index in [1.807, 2.05) is 18.2 Å². The number of phenols is 1. The molecule has 5 heteroatoms. The number of nitrogens with one attached hydrogen (secondary N) is 2. The largest absolute Gasteiger partial charge is 0.508 e. The van der Waals surface area contributed by atoms with Gasteiger partial charge < -0.3 is 15.7 Å². The van der Waals surface area contributed by atoms with E-state index >= 15 is 0 Å². The van der Waals surface area contributed by atoms with E-state index in [9.17, 15) is 9.90 Å². The predicted molar refractivity (Wildman–Crippen MR) is 92.7 cm³/mol. The molecular weight excluding hydrogens is 308 g/mol. The molecule has 0 fully saturated rings. The molecule has 0 saturated carbocycles. The van der Waals surface area contributed by atoms with E-state index < -0.39 is 0 Å². The van der Waals surface area contributed by atoms with Crippen LogP contribution < -0.4 is 10.6 Å². The van der Waals surface area contributed by atoms with Gasteiger partial charge in [-0.25, -0.2) is 0 Å². The molecule has 1 heterocycles. The minimum atomic E-state index is 0.0212. The monoisotopic (exact) mass is 328 g/mol. The number of hydrogen-bond donors (Lipinski definition) is 3. The van der Waals surface area contributed by atoms with Gasteiger partial charge in [0.1, 0.15) is 5.75 Å². The van der Waals surface area contributed by atoms with E-state index in [1.54, 1.807) is 12.1 Å². The summed E-state index contributed by atoms with van der Waals surface area (Å²) in [6, 6.07) is 15.5. The van der Waals surface area contributed by atoms with Crippen LogP contribution in [-0.4, -0.2) is 29.9 Å². The van der Waals surface area contributed by atoms with Gasteiger partial charge in [0.25, 0.3) is 0 Å².